The molecular weight excluding hydrogens is 402 g/mol. The quantitative estimate of drug-likeness (QED) is 0.590. The third-order valence-electron chi connectivity index (χ3n) is 5.74. The number of nitrogens with one attached hydrogen (secondary N) is 3. The molecule has 32 heavy (non-hydrogen) atoms. The molecule has 3 N–H and O–H groups in total. The average molecular weight is 430 g/mol. The molecular formula is C26H27N3O3. The summed E-state index contributed by atoms with van der Waals surface area (Å²) in [5.41, 5.74) is 4.17. The first-order valence-corrected chi connectivity index (χ1v) is 10.8. The molecule has 4 rings (SSSR count). The zero-order valence-electron chi connectivity index (χ0n) is 18.5. The lowest BCUT2D eigenvalue weighted by atomic mass is 9.86. The minimum absolute atomic E-state index is 0.0331. The summed E-state index contributed by atoms with van der Waals surface area (Å²) in [5.74, 6) is 0.0341. The summed E-state index contributed by atoms with van der Waals surface area (Å²) in [4.78, 5) is 41.8. The Balaban J connectivity index is 1.77. The number of aromatic amines is 2. The van der Waals surface area contributed by atoms with Crippen molar-refractivity contribution in [3.63, 3.8) is 0 Å². The van der Waals surface area contributed by atoms with E-state index in [0.717, 1.165) is 17.6 Å². The standard InChI is InChI=1S/C26H27N3O3/c1-26(2,3)18-6-4-16(5-7-18)21(15-19-8-11-23(30)28-19)22-10-9-20(25(32)29-22)17-12-13-27-24(31)14-17/h4-7,9-10,12-15,19H,8,11H2,1-3H3,(H,27,31)(H,28,30)(H,29,32)/b21-15+/t19-/m1/s1. The van der Waals surface area contributed by atoms with Gasteiger partial charge in [-0.25, -0.2) is 0 Å². The van der Waals surface area contributed by atoms with Crippen molar-refractivity contribution < 1.29 is 4.79 Å². The molecule has 1 saturated heterocycles. The molecule has 1 aromatic carbocycles. The first-order valence-electron chi connectivity index (χ1n) is 10.8. The lowest BCUT2D eigenvalue weighted by molar-refractivity contribution is -0.119. The van der Waals surface area contributed by atoms with Crippen molar-refractivity contribution in [3.8, 4) is 11.1 Å². The van der Waals surface area contributed by atoms with E-state index in [1.54, 1.807) is 12.1 Å². The molecule has 1 fully saturated rings. The smallest absolute Gasteiger partial charge is 0.256 e. The Bertz CT molecular complexity index is 1290. The molecule has 1 atom stereocenters. The number of pyridine rings is 2. The minimum atomic E-state index is -0.277. The van der Waals surface area contributed by atoms with Crippen molar-refractivity contribution in [2.45, 2.75) is 45.1 Å². The number of carbonyl (C=O) groups excluding carboxylic acids is 1. The molecule has 0 aliphatic carbocycles. The van der Waals surface area contributed by atoms with Crippen LogP contribution in [0.2, 0.25) is 0 Å². The van der Waals surface area contributed by atoms with Gasteiger partial charge in [-0.05, 0) is 46.7 Å². The van der Waals surface area contributed by atoms with E-state index in [9.17, 15) is 14.4 Å². The molecule has 3 aromatic rings. The molecule has 1 aliphatic rings. The summed E-state index contributed by atoms with van der Waals surface area (Å²) < 4.78 is 0. The van der Waals surface area contributed by atoms with Crippen LogP contribution in [0.1, 0.15) is 50.4 Å². The number of H-pyrrole nitrogens is 2. The number of amides is 1. The van der Waals surface area contributed by atoms with Gasteiger partial charge in [-0.2, -0.15) is 0 Å². The van der Waals surface area contributed by atoms with E-state index in [1.165, 1.54) is 17.8 Å². The van der Waals surface area contributed by atoms with Crippen LogP contribution >= 0.6 is 0 Å². The Hall–Kier alpha value is -3.67. The molecule has 164 valence electrons. The summed E-state index contributed by atoms with van der Waals surface area (Å²) >= 11 is 0. The molecule has 0 bridgehead atoms. The van der Waals surface area contributed by atoms with Crippen molar-refractivity contribution >= 4 is 11.5 Å². The predicted molar refractivity (Wildman–Crippen MR) is 127 cm³/mol. The molecule has 6 heteroatoms. The zero-order chi connectivity index (χ0) is 22.9. The molecule has 0 saturated carbocycles. The van der Waals surface area contributed by atoms with Crippen LogP contribution in [-0.4, -0.2) is 21.9 Å². The highest BCUT2D eigenvalue weighted by atomic mass is 16.2. The molecule has 1 aliphatic heterocycles. The summed E-state index contributed by atoms with van der Waals surface area (Å²) in [7, 11) is 0. The van der Waals surface area contributed by atoms with Crippen LogP contribution < -0.4 is 16.4 Å². The van der Waals surface area contributed by atoms with Gasteiger partial charge in [0, 0.05) is 41.6 Å². The number of carbonyl (C=O) groups is 1. The Labute approximate surface area is 186 Å². The Morgan fingerprint density at radius 1 is 1.00 bits per heavy atom. The fourth-order valence-electron chi connectivity index (χ4n) is 3.93. The number of benzene rings is 1. The molecule has 0 unspecified atom stereocenters. The fourth-order valence-corrected chi connectivity index (χ4v) is 3.93. The normalized spacial score (nSPS) is 16.8. The van der Waals surface area contributed by atoms with Crippen LogP contribution in [0.3, 0.4) is 0 Å². The highest BCUT2D eigenvalue weighted by Gasteiger charge is 2.21. The molecule has 6 nitrogen and oxygen atoms in total. The van der Waals surface area contributed by atoms with Gasteiger partial charge in [0.15, 0.2) is 0 Å². The largest absolute Gasteiger partial charge is 0.350 e. The van der Waals surface area contributed by atoms with E-state index >= 15 is 0 Å². The second-order valence-corrected chi connectivity index (χ2v) is 9.18. The van der Waals surface area contributed by atoms with Gasteiger partial charge in [-0.1, -0.05) is 51.1 Å². The van der Waals surface area contributed by atoms with Gasteiger partial charge in [-0.3, -0.25) is 14.4 Å². The Morgan fingerprint density at radius 2 is 1.75 bits per heavy atom. The van der Waals surface area contributed by atoms with Gasteiger partial charge in [0.2, 0.25) is 11.5 Å². The minimum Gasteiger partial charge on any atom is -0.350 e. The summed E-state index contributed by atoms with van der Waals surface area (Å²) in [6, 6.07) is 14.9. The fraction of sp³-hybridized carbons (Fsp3) is 0.269. The van der Waals surface area contributed by atoms with Gasteiger partial charge in [0.25, 0.3) is 5.56 Å². The van der Waals surface area contributed by atoms with Crippen LogP contribution in [0.25, 0.3) is 16.7 Å². The number of hydrogen-bond donors (Lipinski definition) is 3. The summed E-state index contributed by atoms with van der Waals surface area (Å²) in [6.07, 6.45) is 4.75. The van der Waals surface area contributed by atoms with Crippen LogP contribution in [0.4, 0.5) is 0 Å². The van der Waals surface area contributed by atoms with E-state index in [4.69, 9.17) is 0 Å². The van der Waals surface area contributed by atoms with E-state index < -0.39 is 0 Å². The van der Waals surface area contributed by atoms with Crippen molar-refractivity contribution in [1.82, 2.24) is 15.3 Å². The van der Waals surface area contributed by atoms with E-state index in [1.807, 2.05) is 24.3 Å². The van der Waals surface area contributed by atoms with Gasteiger partial charge in [0.05, 0.1) is 0 Å². The lowest BCUT2D eigenvalue weighted by Gasteiger charge is -2.20. The van der Waals surface area contributed by atoms with Crippen molar-refractivity contribution in [1.29, 1.82) is 0 Å². The molecule has 3 heterocycles. The Kier molecular flexibility index (Phi) is 5.70. The second kappa shape index (κ2) is 8.46. The molecule has 1 amide bonds. The van der Waals surface area contributed by atoms with Gasteiger partial charge in [-0.15, -0.1) is 0 Å². The van der Waals surface area contributed by atoms with Gasteiger partial charge >= 0.3 is 0 Å². The highest BCUT2D eigenvalue weighted by Crippen LogP contribution is 2.28. The molecule has 0 spiro atoms. The van der Waals surface area contributed by atoms with E-state index in [2.05, 4.69) is 48.2 Å². The van der Waals surface area contributed by atoms with E-state index in [-0.39, 0.29) is 28.5 Å². The number of rotatable bonds is 4. The topological polar surface area (TPSA) is 94.8 Å². The summed E-state index contributed by atoms with van der Waals surface area (Å²) in [5, 5.41) is 2.97. The van der Waals surface area contributed by atoms with Crippen molar-refractivity contribution in [2.24, 2.45) is 0 Å². The maximum Gasteiger partial charge on any atom is 0.256 e. The third-order valence-corrected chi connectivity index (χ3v) is 5.74. The predicted octanol–water partition coefficient (Wildman–Crippen LogP) is 3.74. The highest BCUT2D eigenvalue weighted by molar-refractivity contribution is 5.82. The van der Waals surface area contributed by atoms with E-state index in [0.29, 0.717) is 23.2 Å². The lowest BCUT2D eigenvalue weighted by Crippen LogP contribution is -2.23. The third kappa shape index (κ3) is 4.64. The van der Waals surface area contributed by atoms with Crippen LogP contribution in [-0.2, 0) is 10.2 Å². The summed E-state index contributed by atoms with van der Waals surface area (Å²) in [6.45, 7) is 6.49. The van der Waals surface area contributed by atoms with Crippen LogP contribution in [0.5, 0.6) is 0 Å². The molecule has 2 aromatic heterocycles. The van der Waals surface area contributed by atoms with Gasteiger partial charge < -0.3 is 15.3 Å². The first kappa shape index (κ1) is 21.6. The van der Waals surface area contributed by atoms with Crippen molar-refractivity contribution in [3.05, 3.63) is 98.3 Å². The molecule has 0 radical (unpaired) electrons. The number of hydrogen-bond acceptors (Lipinski definition) is 3. The average Bonchev–Trinajstić information content (AvgIpc) is 3.16. The Morgan fingerprint density at radius 3 is 2.34 bits per heavy atom. The zero-order valence-corrected chi connectivity index (χ0v) is 18.5. The van der Waals surface area contributed by atoms with Gasteiger partial charge in [0.1, 0.15) is 0 Å². The van der Waals surface area contributed by atoms with Crippen LogP contribution in [0.15, 0.2) is 70.4 Å². The maximum absolute atomic E-state index is 12.9. The second-order valence-electron chi connectivity index (χ2n) is 9.18. The monoisotopic (exact) mass is 429 g/mol. The van der Waals surface area contributed by atoms with Crippen molar-refractivity contribution in [2.75, 3.05) is 0 Å². The first-order chi connectivity index (χ1) is 15.2. The van der Waals surface area contributed by atoms with Crippen LogP contribution in [0, 0.1) is 0 Å². The maximum atomic E-state index is 12.9. The SMILES string of the molecule is CC(C)(C)c1ccc(/C(=C\[C@H]2CCC(=O)N2)c2ccc(-c3cc[nH]c(=O)c3)c(=O)[nH]2)cc1. The number of aromatic nitrogens is 2.